The molecule has 1 aromatic rings. The molecule has 5 heteroatoms. The van der Waals surface area contributed by atoms with Crippen LogP contribution in [0.25, 0.3) is 0 Å². The van der Waals surface area contributed by atoms with Gasteiger partial charge in [0.05, 0.1) is 0 Å². The first-order chi connectivity index (χ1) is 15.2. The van der Waals surface area contributed by atoms with Gasteiger partial charge in [-0.25, -0.2) is 0 Å². The average Bonchev–Trinajstić information content (AvgIpc) is 3.34. The topological polar surface area (TPSA) is 29.5 Å². The second-order valence-electron chi connectivity index (χ2n) is 9.31. The van der Waals surface area contributed by atoms with Crippen LogP contribution in [0.2, 0.25) is 0 Å². The summed E-state index contributed by atoms with van der Waals surface area (Å²) in [6.45, 7) is 4.78. The number of benzene rings is 1. The summed E-state index contributed by atoms with van der Waals surface area (Å²) in [4.78, 5) is 21.8. The van der Waals surface area contributed by atoms with Crippen LogP contribution in [0.4, 0.5) is 0 Å². The highest BCUT2D eigenvalue weighted by Crippen LogP contribution is 2.46. The van der Waals surface area contributed by atoms with Crippen molar-refractivity contribution in [2.75, 3.05) is 19.8 Å². The van der Waals surface area contributed by atoms with Crippen molar-refractivity contribution >= 4 is 17.9 Å². The molecule has 0 aromatic heterocycles. The van der Waals surface area contributed by atoms with Crippen LogP contribution in [0.5, 0.6) is 5.75 Å². The molecule has 3 rings (SSSR count). The number of fused-ring (bicyclic) bond motifs is 1. The molecule has 174 valence electrons. The predicted octanol–water partition coefficient (Wildman–Crippen LogP) is 7.49. The number of carbonyl (C=O) groups excluding carboxylic acids is 1. The average molecular weight is 448 g/mol. The van der Waals surface area contributed by atoms with Gasteiger partial charge in [-0.2, -0.15) is 0 Å². The normalized spacial score (nSPS) is 20.3. The minimum atomic E-state index is 0.281. The van der Waals surface area contributed by atoms with E-state index in [1.165, 1.54) is 81.9 Å². The van der Waals surface area contributed by atoms with Crippen LogP contribution in [0.1, 0.15) is 103 Å². The molecule has 2 aliphatic heterocycles. The Kier molecular flexibility index (Phi) is 10.5. The van der Waals surface area contributed by atoms with Gasteiger partial charge in [-0.3, -0.25) is 14.5 Å². The van der Waals surface area contributed by atoms with Crippen molar-refractivity contribution < 1.29 is 13.7 Å². The molecule has 0 radical (unpaired) electrons. The number of nitrogens with zero attached hydrogens (tertiary/aromatic N) is 2. The minimum Gasteiger partial charge on any atom is -0.300 e. The number of unbranched alkanes of at least 4 members (excludes halogenated alkanes) is 12. The Hall–Kier alpha value is -1.20. The lowest BCUT2D eigenvalue weighted by atomic mass is 10.0. The van der Waals surface area contributed by atoms with Crippen molar-refractivity contribution in [2.45, 2.75) is 108 Å². The lowest BCUT2D eigenvalue weighted by Crippen LogP contribution is -2.50. The molecule has 31 heavy (non-hydrogen) atoms. The van der Waals surface area contributed by atoms with E-state index in [0.29, 0.717) is 17.1 Å². The highest BCUT2D eigenvalue weighted by Gasteiger charge is 2.44. The van der Waals surface area contributed by atoms with E-state index in [9.17, 15) is 4.79 Å². The van der Waals surface area contributed by atoms with Crippen molar-refractivity contribution in [1.29, 1.82) is 0 Å². The van der Waals surface area contributed by atoms with Crippen LogP contribution in [-0.2, 0) is 4.79 Å². The molecule has 1 atom stereocenters. The van der Waals surface area contributed by atoms with Crippen LogP contribution in [0.3, 0.4) is 0 Å². The number of likely N-dealkylation sites (tertiary alicyclic amines) is 1. The largest absolute Gasteiger partial charge is 0.300 e. The fourth-order valence-electron chi connectivity index (χ4n) is 4.68. The number of para-hydroxylation sites is 1. The lowest BCUT2D eigenvalue weighted by Gasteiger charge is -2.31. The van der Waals surface area contributed by atoms with Gasteiger partial charge in [0.25, 0.3) is 0 Å². The fraction of sp³-hybridized carbons (Fsp3) is 0.731. The highest BCUT2D eigenvalue weighted by molar-refractivity contribution is 7.94. The number of hydrogen-bond donors (Lipinski definition) is 0. The first kappa shape index (κ1) is 24.4. The number of rotatable bonds is 16. The smallest absolute Gasteiger partial charge is 0.227 e. The van der Waals surface area contributed by atoms with E-state index in [2.05, 4.69) is 25.1 Å². The van der Waals surface area contributed by atoms with Crippen LogP contribution in [0.15, 0.2) is 29.2 Å². The van der Waals surface area contributed by atoms with Gasteiger partial charge in [0, 0.05) is 19.4 Å². The zero-order valence-corrected chi connectivity index (χ0v) is 20.5. The van der Waals surface area contributed by atoms with Gasteiger partial charge >= 0.3 is 0 Å². The van der Waals surface area contributed by atoms with Crippen LogP contribution < -0.4 is 4.84 Å². The van der Waals surface area contributed by atoms with E-state index in [1.54, 1.807) is 11.9 Å². The van der Waals surface area contributed by atoms with Gasteiger partial charge in [-0.15, -0.1) is 0 Å². The number of hydrogen-bond acceptors (Lipinski definition) is 3. The van der Waals surface area contributed by atoms with Crippen molar-refractivity contribution in [2.24, 2.45) is 0 Å². The first-order valence-electron chi connectivity index (χ1n) is 12.9. The standard InChI is InChI=1S/C26H43N2O2S/c1-2-3-4-5-6-7-8-9-10-11-12-13-16-22-28(23-27-21-17-20-26(27)29)30-24-18-14-15-19-25(24)31-28/h14-15,18-19H,2-13,16-17,20-23H2,1H3/q+1. The Morgan fingerprint density at radius 1 is 0.903 bits per heavy atom. The second-order valence-corrected chi connectivity index (χ2v) is 10.6. The van der Waals surface area contributed by atoms with E-state index in [1.807, 2.05) is 11.0 Å². The van der Waals surface area contributed by atoms with Gasteiger partial charge in [0.1, 0.15) is 11.4 Å². The summed E-state index contributed by atoms with van der Waals surface area (Å²) < 4.78 is 0.489. The van der Waals surface area contributed by atoms with Gasteiger partial charge in [0.2, 0.25) is 18.3 Å². The summed E-state index contributed by atoms with van der Waals surface area (Å²) in [5.74, 6) is 1.25. The van der Waals surface area contributed by atoms with Crippen LogP contribution in [0, 0.1) is 0 Å². The van der Waals surface area contributed by atoms with E-state index < -0.39 is 0 Å². The van der Waals surface area contributed by atoms with E-state index in [4.69, 9.17) is 4.84 Å². The maximum atomic E-state index is 12.2. The summed E-state index contributed by atoms with van der Waals surface area (Å²) in [5, 5.41) is 0. The van der Waals surface area contributed by atoms with Gasteiger partial charge in [-0.1, -0.05) is 93.7 Å². The zero-order valence-electron chi connectivity index (χ0n) is 19.7. The molecule has 1 unspecified atom stereocenters. The molecule has 1 saturated heterocycles. The van der Waals surface area contributed by atoms with Crippen molar-refractivity contribution in [3.05, 3.63) is 24.3 Å². The van der Waals surface area contributed by atoms with Crippen molar-refractivity contribution in [3.63, 3.8) is 0 Å². The molecule has 1 fully saturated rings. The monoisotopic (exact) mass is 447 g/mol. The molecule has 0 N–H and O–H groups in total. The molecule has 1 aromatic carbocycles. The Bertz CT molecular complexity index is 642. The molecular weight excluding hydrogens is 404 g/mol. The van der Waals surface area contributed by atoms with Crippen molar-refractivity contribution in [3.8, 4) is 5.75 Å². The number of carbonyl (C=O) groups is 1. The Balaban J connectivity index is 1.31. The fourth-order valence-corrected chi connectivity index (χ4v) is 5.91. The third kappa shape index (κ3) is 8.02. The third-order valence-corrected chi connectivity index (χ3v) is 7.78. The summed E-state index contributed by atoms with van der Waals surface area (Å²) in [5.41, 5.74) is 0. The Labute approximate surface area is 194 Å². The SMILES string of the molecule is CCCCCCCCCCCCCCC[N+]1(CN2CCCC2=O)Oc2ccccc2S1. The van der Waals surface area contributed by atoms with E-state index in [-0.39, 0.29) is 5.91 Å². The minimum absolute atomic E-state index is 0.281. The number of quaternary nitrogens is 1. The van der Waals surface area contributed by atoms with Crippen molar-refractivity contribution in [1.82, 2.24) is 4.90 Å². The maximum Gasteiger partial charge on any atom is 0.227 e. The third-order valence-electron chi connectivity index (χ3n) is 6.54. The van der Waals surface area contributed by atoms with Gasteiger partial charge < -0.3 is 0 Å². The van der Waals surface area contributed by atoms with Gasteiger partial charge in [0.15, 0.2) is 11.9 Å². The molecule has 0 spiro atoms. The summed E-state index contributed by atoms with van der Waals surface area (Å²) in [6, 6.07) is 8.29. The van der Waals surface area contributed by atoms with Crippen LogP contribution in [-0.4, -0.2) is 34.6 Å². The maximum absolute atomic E-state index is 12.2. The second kappa shape index (κ2) is 13.4. The Morgan fingerprint density at radius 2 is 1.52 bits per heavy atom. The molecule has 1 amide bonds. The number of hydroxylamine groups is 2. The van der Waals surface area contributed by atoms with Gasteiger partial charge in [-0.05, 0) is 25.0 Å². The lowest BCUT2D eigenvalue weighted by molar-refractivity contribution is -0.969. The molecule has 0 bridgehead atoms. The number of amides is 1. The summed E-state index contributed by atoms with van der Waals surface area (Å²) in [6.07, 6.45) is 19.4. The molecule has 0 aliphatic carbocycles. The predicted molar refractivity (Wildman–Crippen MR) is 130 cm³/mol. The Morgan fingerprint density at radius 3 is 2.10 bits per heavy atom. The quantitative estimate of drug-likeness (QED) is 0.149. The molecular formula is C26H43N2O2S+. The first-order valence-corrected chi connectivity index (χ1v) is 13.6. The van der Waals surface area contributed by atoms with E-state index in [0.717, 1.165) is 31.7 Å². The molecule has 0 saturated carbocycles. The molecule has 4 nitrogen and oxygen atoms in total. The van der Waals surface area contributed by atoms with Crippen LogP contribution >= 0.6 is 11.9 Å². The highest BCUT2D eigenvalue weighted by atomic mass is 32.2. The summed E-state index contributed by atoms with van der Waals surface area (Å²) >= 11 is 1.78. The summed E-state index contributed by atoms with van der Waals surface area (Å²) in [7, 11) is 0. The molecule has 2 aliphatic rings. The molecule has 2 heterocycles. The van der Waals surface area contributed by atoms with E-state index >= 15 is 0 Å². The zero-order chi connectivity index (χ0) is 21.8.